The molecule has 3 nitrogen and oxygen atoms in total. The highest BCUT2D eigenvalue weighted by atomic mass is 35.5. The summed E-state index contributed by atoms with van der Waals surface area (Å²) in [5.41, 5.74) is 0.998. The van der Waals surface area contributed by atoms with Crippen LogP contribution in [0.25, 0.3) is 0 Å². The summed E-state index contributed by atoms with van der Waals surface area (Å²) in [5.74, 6) is 0.975. The molecule has 5 heteroatoms. The molecule has 0 spiro atoms. The lowest BCUT2D eigenvalue weighted by Gasteiger charge is -2.22. The van der Waals surface area contributed by atoms with Crippen LogP contribution in [0.5, 0.6) is 0 Å². The molecule has 2 N–H and O–H groups in total. The zero-order chi connectivity index (χ0) is 12.7. The lowest BCUT2D eigenvalue weighted by molar-refractivity contribution is 0.265. The van der Waals surface area contributed by atoms with Crippen molar-refractivity contribution in [2.24, 2.45) is 0 Å². The minimum absolute atomic E-state index is 0.139. The van der Waals surface area contributed by atoms with Gasteiger partial charge in [-0.25, -0.2) is 4.98 Å². The van der Waals surface area contributed by atoms with Gasteiger partial charge in [-0.05, 0) is 25.7 Å². The second kappa shape index (κ2) is 7.93. The van der Waals surface area contributed by atoms with Crippen molar-refractivity contribution in [2.45, 2.75) is 25.4 Å². The molecule has 0 aromatic carbocycles. The van der Waals surface area contributed by atoms with E-state index in [1.807, 2.05) is 12.1 Å². The fraction of sp³-hybridized carbons (Fsp3) is 0.583. The van der Waals surface area contributed by atoms with Crippen molar-refractivity contribution in [1.29, 1.82) is 0 Å². The van der Waals surface area contributed by atoms with Gasteiger partial charge in [0, 0.05) is 36.2 Å². The quantitative estimate of drug-likeness (QED) is 0.750. The van der Waals surface area contributed by atoms with E-state index in [2.05, 4.69) is 23.5 Å². The van der Waals surface area contributed by atoms with Crippen LogP contribution in [0, 0.1) is 0 Å². The first kappa shape index (κ1) is 14.8. The monoisotopic (exact) mass is 274 g/mol. The highest BCUT2D eigenvalue weighted by molar-refractivity contribution is 7.98. The molecule has 0 bridgehead atoms. The summed E-state index contributed by atoms with van der Waals surface area (Å²) in [4.78, 5) is 4.07. The van der Waals surface area contributed by atoms with Crippen molar-refractivity contribution in [3.8, 4) is 0 Å². The van der Waals surface area contributed by atoms with Gasteiger partial charge in [-0.1, -0.05) is 17.7 Å². The Bertz CT molecular complexity index is 332. The van der Waals surface area contributed by atoms with Crippen molar-refractivity contribution < 1.29 is 5.11 Å². The molecule has 1 heterocycles. The van der Waals surface area contributed by atoms with Crippen molar-refractivity contribution in [1.82, 2.24) is 10.3 Å². The van der Waals surface area contributed by atoms with Gasteiger partial charge in [0.1, 0.15) is 5.15 Å². The van der Waals surface area contributed by atoms with Crippen molar-refractivity contribution >= 4 is 23.4 Å². The molecule has 17 heavy (non-hydrogen) atoms. The van der Waals surface area contributed by atoms with Crippen LogP contribution in [0.3, 0.4) is 0 Å². The van der Waals surface area contributed by atoms with E-state index in [1.165, 1.54) is 0 Å². The predicted octanol–water partition coefficient (Wildman–Crippen LogP) is 2.50. The van der Waals surface area contributed by atoms with E-state index in [0.717, 1.165) is 17.7 Å². The van der Waals surface area contributed by atoms with Crippen molar-refractivity contribution in [3.05, 3.63) is 29.0 Å². The topological polar surface area (TPSA) is 45.1 Å². The van der Waals surface area contributed by atoms with Gasteiger partial charge < -0.3 is 10.4 Å². The molecule has 0 fully saturated rings. The molecule has 0 radical (unpaired) electrons. The Balaban J connectivity index is 2.63. The predicted molar refractivity (Wildman–Crippen MR) is 74.7 cm³/mol. The average molecular weight is 275 g/mol. The summed E-state index contributed by atoms with van der Waals surface area (Å²) < 4.78 is 0. The summed E-state index contributed by atoms with van der Waals surface area (Å²) in [5, 5.41) is 13.0. The molecule has 2 unspecified atom stereocenters. The zero-order valence-corrected chi connectivity index (χ0v) is 11.8. The Labute approximate surface area is 112 Å². The van der Waals surface area contributed by atoms with Crippen molar-refractivity contribution in [3.63, 3.8) is 0 Å². The Morgan fingerprint density at radius 1 is 1.59 bits per heavy atom. The van der Waals surface area contributed by atoms with Crippen LogP contribution in [0.2, 0.25) is 5.15 Å². The molecule has 0 amide bonds. The maximum Gasteiger partial charge on any atom is 0.133 e. The summed E-state index contributed by atoms with van der Waals surface area (Å²) in [6, 6.07) is 4.29. The van der Waals surface area contributed by atoms with Crippen LogP contribution in [-0.4, -0.2) is 34.7 Å². The zero-order valence-electron chi connectivity index (χ0n) is 10.2. The first-order valence-corrected chi connectivity index (χ1v) is 7.42. The number of nitrogens with one attached hydrogen (secondary N) is 1. The van der Waals surface area contributed by atoms with Gasteiger partial charge in [0.25, 0.3) is 0 Å². The molecule has 0 aliphatic rings. The number of hydrogen-bond donors (Lipinski definition) is 2. The van der Waals surface area contributed by atoms with E-state index >= 15 is 0 Å². The maximum absolute atomic E-state index is 9.01. The summed E-state index contributed by atoms with van der Waals surface area (Å²) in [6.45, 7) is 2.26. The van der Waals surface area contributed by atoms with Crippen molar-refractivity contribution in [2.75, 3.05) is 18.6 Å². The molecular formula is C12H19ClN2OS. The highest BCUT2D eigenvalue weighted by Crippen LogP contribution is 2.21. The van der Waals surface area contributed by atoms with Crippen LogP contribution in [-0.2, 0) is 0 Å². The lowest BCUT2D eigenvalue weighted by Crippen LogP contribution is -2.34. The number of aromatic nitrogens is 1. The van der Waals surface area contributed by atoms with Crippen LogP contribution >= 0.6 is 23.4 Å². The molecule has 0 saturated carbocycles. The lowest BCUT2D eigenvalue weighted by atomic mass is 10.1. The summed E-state index contributed by atoms with van der Waals surface area (Å²) in [7, 11) is 0. The molecule has 1 aromatic heterocycles. The van der Waals surface area contributed by atoms with Gasteiger partial charge in [-0.15, -0.1) is 0 Å². The number of aliphatic hydroxyl groups is 1. The Morgan fingerprint density at radius 3 is 2.94 bits per heavy atom. The molecule has 1 rings (SSSR count). The fourth-order valence-corrected chi connectivity index (χ4v) is 2.68. The number of aliphatic hydroxyl groups excluding tert-OH is 1. The first-order chi connectivity index (χ1) is 8.19. The second-order valence-electron chi connectivity index (χ2n) is 3.94. The molecule has 1 aromatic rings. The van der Waals surface area contributed by atoms with E-state index in [1.54, 1.807) is 18.0 Å². The van der Waals surface area contributed by atoms with Gasteiger partial charge >= 0.3 is 0 Å². The van der Waals surface area contributed by atoms with Gasteiger partial charge in [0.2, 0.25) is 0 Å². The number of pyridine rings is 1. The third-order valence-electron chi connectivity index (χ3n) is 2.59. The minimum atomic E-state index is 0.139. The van der Waals surface area contributed by atoms with E-state index in [0.29, 0.717) is 11.2 Å². The summed E-state index contributed by atoms with van der Waals surface area (Å²) in [6.07, 6.45) is 4.50. The van der Waals surface area contributed by atoms with Crippen LogP contribution in [0.1, 0.15) is 24.9 Å². The molecule has 0 aliphatic carbocycles. The molecule has 2 atom stereocenters. The first-order valence-electron chi connectivity index (χ1n) is 5.65. The third kappa shape index (κ3) is 4.84. The summed E-state index contributed by atoms with van der Waals surface area (Å²) >= 11 is 7.82. The normalized spacial score (nSPS) is 14.6. The Morgan fingerprint density at radius 2 is 2.35 bits per heavy atom. The number of thioether (sulfide) groups is 1. The van der Waals surface area contributed by atoms with E-state index < -0.39 is 0 Å². The van der Waals surface area contributed by atoms with Crippen LogP contribution < -0.4 is 5.32 Å². The van der Waals surface area contributed by atoms with Gasteiger partial charge in [0.15, 0.2) is 0 Å². The highest BCUT2D eigenvalue weighted by Gasteiger charge is 2.14. The van der Waals surface area contributed by atoms with Crippen LogP contribution in [0.15, 0.2) is 18.3 Å². The Kier molecular flexibility index (Phi) is 6.89. The second-order valence-corrected chi connectivity index (χ2v) is 5.21. The van der Waals surface area contributed by atoms with Gasteiger partial charge in [-0.3, -0.25) is 0 Å². The largest absolute Gasteiger partial charge is 0.396 e. The maximum atomic E-state index is 9.01. The minimum Gasteiger partial charge on any atom is -0.396 e. The molecule has 0 aliphatic heterocycles. The number of rotatable bonds is 7. The van der Waals surface area contributed by atoms with Gasteiger partial charge in [0.05, 0.1) is 0 Å². The van der Waals surface area contributed by atoms with E-state index in [9.17, 15) is 0 Å². The Hall–Kier alpha value is -0.290. The molecule has 96 valence electrons. The van der Waals surface area contributed by atoms with Gasteiger partial charge in [-0.2, -0.15) is 11.8 Å². The smallest absolute Gasteiger partial charge is 0.133 e. The molecular weight excluding hydrogens is 256 g/mol. The van der Waals surface area contributed by atoms with E-state index in [4.69, 9.17) is 16.7 Å². The average Bonchev–Trinajstić information content (AvgIpc) is 2.30. The standard InChI is InChI=1S/C12H19ClN2OS/c1-9(11-4-3-6-14-12(11)13)15-10(5-7-16)8-17-2/h3-4,6,9-10,15-16H,5,7-8H2,1-2H3. The molecule has 0 saturated heterocycles. The fourth-order valence-electron chi connectivity index (χ4n) is 1.74. The number of hydrogen-bond acceptors (Lipinski definition) is 4. The number of halogens is 1. The van der Waals surface area contributed by atoms with Crippen LogP contribution in [0.4, 0.5) is 0 Å². The van der Waals surface area contributed by atoms with E-state index in [-0.39, 0.29) is 12.6 Å². The SMILES string of the molecule is CSCC(CCO)NC(C)c1cccnc1Cl. The third-order valence-corrected chi connectivity index (χ3v) is 3.64. The number of nitrogens with zero attached hydrogens (tertiary/aromatic N) is 1.